The van der Waals surface area contributed by atoms with Gasteiger partial charge in [0.2, 0.25) is 5.91 Å². The maximum Gasteiger partial charge on any atom is 0.249 e. The fraction of sp³-hybridized carbons (Fsp3) is 0.412. The largest absolute Gasteiger partial charge is 0.381 e. The quantitative estimate of drug-likeness (QED) is 0.884. The molecule has 1 aromatic carbocycles. The Kier molecular flexibility index (Phi) is 4.42. The van der Waals surface area contributed by atoms with E-state index in [1.807, 2.05) is 27.0 Å². The SMILES string of the molecule is CC(C)Nc1cccc(F)c1N[C@H]1CCN(c2cnn(C)c2)C1=O. The number of hydrogen-bond acceptors (Lipinski definition) is 4. The molecule has 1 aliphatic rings. The van der Waals surface area contributed by atoms with Gasteiger partial charge in [-0.25, -0.2) is 4.39 Å². The van der Waals surface area contributed by atoms with Gasteiger partial charge in [0.15, 0.2) is 0 Å². The van der Waals surface area contributed by atoms with E-state index in [4.69, 9.17) is 0 Å². The van der Waals surface area contributed by atoms with Crippen molar-refractivity contribution >= 4 is 23.0 Å². The number of anilines is 3. The molecule has 0 aliphatic carbocycles. The summed E-state index contributed by atoms with van der Waals surface area (Å²) in [5, 5.41) is 10.4. The summed E-state index contributed by atoms with van der Waals surface area (Å²) in [6.45, 7) is 4.56. The molecule has 1 amide bonds. The third kappa shape index (κ3) is 3.20. The standard InChI is InChI=1S/C17H22FN5O/c1-11(2)20-14-6-4-5-13(18)16(14)21-15-7-8-23(17(15)24)12-9-19-22(3)10-12/h4-6,9-11,15,20-21H,7-8H2,1-3H3/t15-/m0/s1. The number of carbonyl (C=O) groups excluding carboxylic acids is 1. The van der Waals surface area contributed by atoms with Crippen LogP contribution in [-0.2, 0) is 11.8 Å². The maximum atomic E-state index is 14.3. The van der Waals surface area contributed by atoms with Crippen LogP contribution in [0.25, 0.3) is 0 Å². The summed E-state index contributed by atoms with van der Waals surface area (Å²) in [5.41, 5.74) is 1.77. The van der Waals surface area contributed by atoms with Crippen LogP contribution in [0.4, 0.5) is 21.5 Å². The lowest BCUT2D eigenvalue weighted by Crippen LogP contribution is -2.33. The van der Waals surface area contributed by atoms with E-state index in [1.165, 1.54) is 6.07 Å². The van der Waals surface area contributed by atoms with Crippen LogP contribution in [-0.4, -0.2) is 34.3 Å². The first-order valence-electron chi connectivity index (χ1n) is 8.07. The molecule has 24 heavy (non-hydrogen) atoms. The van der Waals surface area contributed by atoms with Crippen molar-refractivity contribution in [1.29, 1.82) is 0 Å². The van der Waals surface area contributed by atoms with Gasteiger partial charge in [0, 0.05) is 25.8 Å². The van der Waals surface area contributed by atoms with Gasteiger partial charge in [0.1, 0.15) is 11.9 Å². The fourth-order valence-corrected chi connectivity index (χ4v) is 2.89. The van der Waals surface area contributed by atoms with E-state index >= 15 is 0 Å². The molecule has 1 fully saturated rings. The first-order valence-corrected chi connectivity index (χ1v) is 8.07. The molecule has 0 unspecified atom stereocenters. The van der Waals surface area contributed by atoms with E-state index in [1.54, 1.807) is 28.0 Å². The topological polar surface area (TPSA) is 62.2 Å². The van der Waals surface area contributed by atoms with Crippen molar-refractivity contribution in [1.82, 2.24) is 9.78 Å². The molecule has 0 spiro atoms. The fourth-order valence-electron chi connectivity index (χ4n) is 2.89. The third-order valence-electron chi connectivity index (χ3n) is 3.98. The van der Waals surface area contributed by atoms with Crippen molar-refractivity contribution in [2.45, 2.75) is 32.4 Å². The molecule has 128 valence electrons. The number of amides is 1. The number of rotatable bonds is 5. The number of benzene rings is 1. The van der Waals surface area contributed by atoms with Gasteiger partial charge in [0.25, 0.3) is 0 Å². The summed E-state index contributed by atoms with van der Waals surface area (Å²) >= 11 is 0. The average molecular weight is 331 g/mol. The predicted octanol–water partition coefficient (Wildman–Crippen LogP) is 2.60. The lowest BCUT2D eigenvalue weighted by Gasteiger charge is -2.20. The van der Waals surface area contributed by atoms with E-state index in [2.05, 4.69) is 15.7 Å². The molecule has 2 N–H and O–H groups in total. The molecule has 0 bridgehead atoms. The summed E-state index contributed by atoms with van der Waals surface area (Å²) < 4.78 is 15.9. The zero-order chi connectivity index (χ0) is 17.3. The van der Waals surface area contributed by atoms with Gasteiger partial charge in [-0.05, 0) is 32.4 Å². The molecule has 1 saturated heterocycles. The lowest BCUT2D eigenvalue weighted by molar-refractivity contribution is -0.117. The Bertz CT molecular complexity index is 742. The van der Waals surface area contributed by atoms with Gasteiger partial charge in [-0.2, -0.15) is 5.10 Å². The number of aromatic nitrogens is 2. The highest BCUT2D eigenvalue weighted by Gasteiger charge is 2.34. The van der Waals surface area contributed by atoms with Gasteiger partial charge in [0.05, 0.1) is 23.3 Å². The van der Waals surface area contributed by atoms with E-state index in [-0.39, 0.29) is 17.8 Å². The van der Waals surface area contributed by atoms with E-state index < -0.39 is 6.04 Å². The Labute approximate surface area is 140 Å². The summed E-state index contributed by atoms with van der Waals surface area (Å²) in [5.74, 6) is -0.435. The molecule has 0 saturated carbocycles. The van der Waals surface area contributed by atoms with Gasteiger partial charge in [-0.15, -0.1) is 0 Å². The summed E-state index contributed by atoms with van der Waals surface area (Å²) in [7, 11) is 1.81. The van der Waals surface area contributed by atoms with Crippen LogP contribution in [0.3, 0.4) is 0 Å². The molecule has 2 aromatic rings. The summed E-state index contributed by atoms with van der Waals surface area (Å²) in [6, 6.07) is 4.58. The van der Waals surface area contributed by atoms with Crippen LogP contribution < -0.4 is 15.5 Å². The van der Waals surface area contributed by atoms with Gasteiger partial charge in [-0.1, -0.05) is 6.07 Å². The zero-order valence-electron chi connectivity index (χ0n) is 14.1. The van der Waals surface area contributed by atoms with Crippen molar-refractivity contribution in [3.8, 4) is 0 Å². The van der Waals surface area contributed by atoms with Crippen molar-refractivity contribution < 1.29 is 9.18 Å². The van der Waals surface area contributed by atoms with Crippen molar-refractivity contribution in [2.75, 3.05) is 22.1 Å². The van der Waals surface area contributed by atoms with Gasteiger partial charge in [-0.3, -0.25) is 9.48 Å². The van der Waals surface area contributed by atoms with E-state index in [0.717, 1.165) is 5.69 Å². The molecule has 0 radical (unpaired) electrons. The minimum atomic E-state index is -0.449. The molecule has 1 aliphatic heterocycles. The van der Waals surface area contributed by atoms with Crippen molar-refractivity contribution in [3.05, 3.63) is 36.4 Å². The predicted molar refractivity (Wildman–Crippen MR) is 92.7 cm³/mol. The second-order valence-electron chi connectivity index (χ2n) is 6.31. The van der Waals surface area contributed by atoms with Crippen molar-refractivity contribution in [3.63, 3.8) is 0 Å². The molecular formula is C17H22FN5O. The van der Waals surface area contributed by atoms with E-state index in [9.17, 15) is 9.18 Å². The first-order chi connectivity index (χ1) is 11.5. The lowest BCUT2D eigenvalue weighted by atomic mass is 10.2. The average Bonchev–Trinajstić information content (AvgIpc) is 3.09. The Morgan fingerprint density at radius 3 is 2.83 bits per heavy atom. The number of aryl methyl sites for hydroxylation is 1. The first kappa shape index (κ1) is 16.3. The number of hydrogen-bond donors (Lipinski definition) is 2. The molecular weight excluding hydrogens is 309 g/mol. The minimum absolute atomic E-state index is 0.0678. The van der Waals surface area contributed by atoms with Crippen LogP contribution in [0.1, 0.15) is 20.3 Å². The molecule has 7 heteroatoms. The maximum absolute atomic E-state index is 14.3. The van der Waals surface area contributed by atoms with Gasteiger partial charge >= 0.3 is 0 Å². The number of halogens is 1. The van der Waals surface area contributed by atoms with Crippen LogP contribution in [0.2, 0.25) is 0 Å². The molecule has 1 aromatic heterocycles. The number of nitrogens with zero attached hydrogens (tertiary/aromatic N) is 3. The number of carbonyl (C=O) groups is 1. The highest BCUT2D eigenvalue weighted by Crippen LogP contribution is 2.29. The Morgan fingerprint density at radius 2 is 2.17 bits per heavy atom. The van der Waals surface area contributed by atoms with Crippen LogP contribution in [0, 0.1) is 5.82 Å². The second kappa shape index (κ2) is 6.51. The highest BCUT2D eigenvalue weighted by molar-refractivity contribution is 6.01. The Morgan fingerprint density at radius 1 is 1.38 bits per heavy atom. The normalized spacial score (nSPS) is 17.6. The summed E-state index contributed by atoms with van der Waals surface area (Å²) in [6.07, 6.45) is 4.08. The van der Waals surface area contributed by atoms with Gasteiger partial charge < -0.3 is 15.5 Å². The molecule has 6 nitrogen and oxygen atoms in total. The number of nitrogens with one attached hydrogen (secondary N) is 2. The Balaban J connectivity index is 1.79. The van der Waals surface area contributed by atoms with Crippen LogP contribution in [0.15, 0.2) is 30.6 Å². The highest BCUT2D eigenvalue weighted by atomic mass is 19.1. The monoisotopic (exact) mass is 331 g/mol. The summed E-state index contributed by atoms with van der Waals surface area (Å²) in [4.78, 5) is 14.3. The Hall–Kier alpha value is -2.57. The minimum Gasteiger partial charge on any atom is -0.381 e. The zero-order valence-corrected chi connectivity index (χ0v) is 14.1. The third-order valence-corrected chi connectivity index (χ3v) is 3.98. The van der Waals surface area contributed by atoms with Crippen LogP contribution >= 0.6 is 0 Å². The van der Waals surface area contributed by atoms with Crippen LogP contribution in [0.5, 0.6) is 0 Å². The second-order valence-corrected chi connectivity index (χ2v) is 6.31. The number of para-hydroxylation sites is 1. The molecule has 2 heterocycles. The smallest absolute Gasteiger partial charge is 0.249 e. The molecule has 1 atom stereocenters. The van der Waals surface area contributed by atoms with E-state index in [0.29, 0.717) is 24.3 Å². The molecule has 3 rings (SSSR count). The van der Waals surface area contributed by atoms with Crippen molar-refractivity contribution in [2.24, 2.45) is 7.05 Å².